The molecule has 0 amide bonds. The molecule has 0 aromatic heterocycles. The zero-order valence-electron chi connectivity index (χ0n) is 6.77. The molecule has 0 nitrogen and oxygen atoms in total. The largest absolute Gasteiger partial charge is 0.120 e. The van der Waals surface area contributed by atoms with Crippen LogP contribution in [-0.2, 0) is 0 Å². The van der Waals surface area contributed by atoms with Gasteiger partial charge in [-0.2, -0.15) is 0 Å². The van der Waals surface area contributed by atoms with Gasteiger partial charge >= 0.3 is 0 Å². The van der Waals surface area contributed by atoms with Crippen LogP contribution < -0.4 is 0 Å². The van der Waals surface area contributed by atoms with Crippen LogP contribution in [0.4, 0.5) is 0 Å². The van der Waals surface area contributed by atoms with Gasteiger partial charge in [0.1, 0.15) is 0 Å². The van der Waals surface area contributed by atoms with Crippen molar-refractivity contribution in [1.82, 2.24) is 0 Å². The monoisotopic (exact) mass is 136 g/mol. The molecular formula is C10H16. The minimum Gasteiger partial charge on any atom is -0.120 e. The van der Waals surface area contributed by atoms with E-state index in [1.54, 1.807) is 0 Å². The van der Waals surface area contributed by atoms with Crippen molar-refractivity contribution in [3.8, 4) is 12.3 Å². The van der Waals surface area contributed by atoms with Gasteiger partial charge in [-0.05, 0) is 18.8 Å². The van der Waals surface area contributed by atoms with Crippen molar-refractivity contribution in [2.75, 3.05) is 0 Å². The van der Waals surface area contributed by atoms with E-state index in [4.69, 9.17) is 6.42 Å². The topological polar surface area (TPSA) is 0 Å². The van der Waals surface area contributed by atoms with Gasteiger partial charge in [-0.3, -0.25) is 0 Å². The molecule has 0 saturated heterocycles. The molecule has 0 aromatic rings. The molecule has 1 fully saturated rings. The van der Waals surface area contributed by atoms with E-state index < -0.39 is 0 Å². The summed E-state index contributed by atoms with van der Waals surface area (Å²) < 4.78 is 0. The zero-order chi connectivity index (χ0) is 7.40. The number of terminal acetylenes is 1. The summed E-state index contributed by atoms with van der Waals surface area (Å²) in [4.78, 5) is 0. The fourth-order valence-corrected chi connectivity index (χ4v) is 1.77. The third kappa shape index (κ3) is 1.77. The molecule has 0 N–H and O–H groups in total. The van der Waals surface area contributed by atoms with Crippen molar-refractivity contribution in [1.29, 1.82) is 0 Å². The highest BCUT2D eigenvalue weighted by Crippen LogP contribution is 2.29. The lowest BCUT2D eigenvalue weighted by atomic mass is 9.81. The molecule has 0 bridgehead atoms. The fraction of sp³-hybridized carbons (Fsp3) is 0.800. The van der Waals surface area contributed by atoms with Gasteiger partial charge in [0.05, 0.1) is 0 Å². The van der Waals surface area contributed by atoms with Crippen molar-refractivity contribution < 1.29 is 0 Å². The van der Waals surface area contributed by atoms with Crippen molar-refractivity contribution in [3.63, 3.8) is 0 Å². The molecule has 1 aliphatic rings. The Morgan fingerprint density at radius 1 is 1.30 bits per heavy atom. The molecule has 1 atom stereocenters. The van der Waals surface area contributed by atoms with Crippen LogP contribution in [-0.4, -0.2) is 0 Å². The molecule has 0 unspecified atom stereocenters. The second-order valence-electron chi connectivity index (χ2n) is 3.35. The van der Waals surface area contributed by atoms with Crippen LogP contribution in [0.5, 0.6) is 0 Å². The van der Waals surface area contributed by atoms with Crippen LogP contribution in [0, 0.1) is 24.2 Å². The summed E-state index contributed by atoms with van der Waals surface area (Å²) in [6.45, 7) is 2.18. The van der Waals surface area contributed by atoms with Crippen LogP contribution in [0.3, 0.4) is 0 Å². The van der Waals surface area contributed by atoms with Gasteiger partial charge in [0.15, 0.2) is 0 Å². The molecule has 1 rings (SSSR count). The van der Waals surface area contributed by atoms with E-state index in [2.05, 4.69) is 12.8 Å². The lowest BCUT2D eigenvalue weighted by molar-refractivity contribution is 0.306. The van der Waals surface area contributed by atoms with E-state index in [-0.39, 0.29) is 0 Å². The van der Waals surface area contributed by atoms with E-state index >= 15 is 0 Å². The normalized spacial score (nSPS) is 23.6. The first-order valence-electron chi connectivity index (χ1n) is 4.30. The standard InChI is InChI=1S/C10H16/c1-3-9(2)10-7-5-4-6-8-10/h1,9-10H,4-8H2,2H3/t9-/m0/s1. The second-order valence-corrected chi connectivity index (χ2v) is 3.35. The van der Waals surface area contributed by atoms with Gasteiger partial charge in [0.2, 0.25) is 0 Å². The van der Waals surface area contributed by atoms with Crippen LogP contribution >= 0.6 is 0 Å². The summed E-state index contributed by atoms with van der Waals surface area (Å²) in [6, 6.07) is 0. The Balaban J connectivity index is 2.33. The van der Waals surface area contributed by atoms with E-state index in [0.717, 1.165) is 5.92 Å². The molecule has 56 valence electrons. The molecule has 0 radical (unpaired) electrons. The minimum atomic E-state index is 0.514. The van der Waals surface area contributed by atoms with Crippen molar-refractivity contribution in [2.24, 2.45) is 11.8 Å². The van der Waals surface area contributed by atoms with Crippen molar-refractivity contribution in [2.45, 2.75) is 39.0 Å². The van der Waals surface area contributed by atoms with Crippen LogP contribution in [0.2, 0.25) is 0 Å². The first kappa shape index (κ1) is 7.66. The van der Waals surface area contributed by atoms with Crippen LogP contribution in [0.15, 0.2) is 0 Å². The highest BCUT2D eigenvalue weighted by atomic mass is 14.2. The Morgan fingerprint density at radius 2 is 1.90 bits per heavy atom. The summed E-state index contributed by atoms with van der Waals surface area (Å²) in [5.41, 5.74) is 0. The minimum absolute atomic E-state index is 0.514. The highest BCUT2D eigenvalue weighted by Gasteiger charge is 2.17. The SMILES string of the molecule is C#C[C@H](C)C1CCCCC1. The second kappa shape index (κ2) is 3.66. The first-order valence-corrected chi connectivity index (χ1v) is 4.30. The van der Waals surface area contributed by atoms with Gasteiger partial charge in [0.25, 0.3) is 0 Å². The van der Waals surface area contributed by atoms with E-state index in [0.29, 0.717) is 5.92 Å². The third-order valence-corrected chi connectivity index (χ3v) is 2.62. The maximum atomic E-state index is 5.35. The molecule has 0 heteroatoms. The number of hydrogen-bond acceptors (Lipinski definition) is 0. The quantitative estimate of drug-likeness (QED) is 0.486. The Morgan fingerprint density at radius 3 is 2.40 bits per heavy atom. The van der Waals surface area contributed by atoms with Crippen molar-refractivity contribution in [3.05, 3.63) is 0 Å². The Kier molecular flexibility index (Phi) is 2.81. The summed E-state index contributed by atoms with van der Waals surface area (Å²) in [5.74, 6) is 4.18. The molecule has 1 saturated carbocycles. The third-order valence-electron chi connectivity index (χ3n) is 2.62. The average Bonchev–Trinajstić information content (AvgIpc) is 2.05. The summed E-state index contributed by atoms with van der Waals surface area (Å²) in [7, 11) is 0. The van der Waals surface area contributed by atoms with E-state index in [1.165, 1.54) is 32.1 Å². The Hall–Kier alpha value is -0.440. The molecular weight excluding hydrogens is 120 g/mol. The lowest BCUT2D eigenvalue weighted by Crippen LogP contribution is -2.13. The smallest absolute Gasteiger partial charge is 0.0200 e. The lowest BCUT2D eigenvalue weighted by Gasteiger charge is -2.23. The average molecular weight is 136 g/mol. The first-order chi connectivity index (χ1) is 4.84. The molecule has 0 aromatic carbocycles. The van der Waals surface area contributed by atoms with E-state index in [1.807, 2.05) is 0 Å². The summed E-state index contributed by atoms with van der Waals surface area (Å²) >= 11 is 0. The summed E-state index contributed by atoms with van der Waals surface area (Å²) in [5, 5.41) is 0. The maximum absolute atomic E-state index is 5.35. The molecule has 10 heavy (non-hydrogen) atoms. The van der Waals surface area contributed by atoms with Gasteiger partial charge in [0, 0.05) is 5.92 Å². The maximum Gasteiger partial charge on any atom is 0.0200 e. The van der Waals surface area contributed by atoms with Gasteiger partial charge in [-0.1, -0.05) is 26.2 Å². The van der Waals surface area contributed by atoms with Crippen LogP contribution in [0.25, 0.3) is 0 Å². The van der Waals surface area contributed by atoms with Gasteiger partial charge in [-0.25, -0.2) is 0 Å². The fourth-order valence-electron chi connectivity index (χ4n) is 1.77. The molecule has 1 aliphatic carbocycles. The Labute approximate surface area is 64.0 Å². The molecule has 0 heterocycles. The molecule has 0 spiro atoms. The van der Waals surface area contributed by atoms with E-state index in [9.17, 15) is 0 Å². The number of rotatable bonds is 1. The van der Waals surface area contributed by atoms with Crippen molar-refractivity contribution >= 4 is 0 Å². The Bertz CT molecular complexity index is 123. The van der Waals surface area contributed by atoms with Gasteiger partial charge in [-0.15, -0.1) is 12.3 Å². The highest BCUT2D eigenvalue weighted by molar-refractivity contribution is 4.94. The predicted molar refractivity (Wildman–Crippen MR) is 44.6 cm³/mol. The van der Waals surface area contributed by atoms with Gasteiger partial charge < -0.3 is 0 Å². The zero-order valence-corrected chi connectivity index (χ0v) is 6.77. The van der Waals surface area contributed by atoms with Crippen LogP contribution in [0.1, 0.15) is 39.0 Å². The molecule has 0 aliphatic heterocycles. The predicted octanol–water partition coefficient (Wildman–Crippen LogP) is 2.84. The number of hydrogen-bond donors (Lipinski definition) is 0. The summed E-state index contributed by atoms with van der Waals surface area (Å²) in [6.07, 6.45) is 12.3.